The minimum Gasteiger partial charge on any atom is -0.334 e. The Hall–Kier alpha value is -1.15. The van der Waals surface area contributed by atoms with Crippen LogP contribution in [0.5, 0.6) is 0 Å². The average Bonchev–Trinajstić information content (AvgIpc) is 2.81. The second kappa shape index (κ2) is 5.92. The van der Waals surface area contributed by atoms with Crippen molar-refractivity contribution in [3.05, 3.63) is 9.88 Å². The van der Waals surface area contributed by atoms with E-state index in [2.05, 4.69) is 4.98 Å². The van der Waals surface area contributed by atoms with Gasteiger partial charge in [0, 0.05) is 19.1 Å². The molecule has 0 radical (unpaired) electrons. The summed E-state index contributed by atoms with van der Waals surface area (Å²) < 4.78 is 25.0. The summed E-state index contributed by atoms with van der Waals surface area (Å²) in [6.45, 7) is 6.88. The Morgan fingerprint density at radius 2 is 2.14 bits per heavy atom. The van der Waals surface area contributed by atoms with Gasteiger partial charge in [0.1, 0.15) is 0 Å². The van der Waals surface area contributed by atoms with E-state index in [1.54, 1.807) is 4.90 Å². The van der Waals surface area contributed by atoms with Crippen molar-refractivity contribution in [1.82, 2.24) is 9.88 Å². The van der Waals surface area contributed by atoms with Crippen molar-refractivity contribution in [3.63, 3.8) is 0 Å². The van der Waals surface area contributed by atoms with Crippen LogP contribution in [0.25, 0.3) is 0 Å². The highest BCUT2D eigenvalue weighted by Gasteiger charge is 2.30. The summed E-state index contributed by atoms with van der Waals surface area (Å²) in [7, 11) is -3.34. The Balaban J connectivity index is 2.38. The standard InChI is InChI=1S/C13H21N3O3S2/c1-5-15(9(2)3)13(17)12-14-11-10(20-12)7-6-8-16(11)21(4,18)19/h9H,5-8H2,1-4H3. The quantitative estimate of drug-likeness (QED) is 0.842. The molecule has 0 saturated carbocycles. The Labute approximate surface area is 129 Å². The molecule has 0 N–H and O–H groups in total. The van der Waals surface area contributed by atoms with Crippen LogP contribution in [0.2, 0.25) is 0 Å². The molecule has 0 spiro atoms. The number of carbonyl (C=O) groups excluding carboxylic acids is 1. The number of carbonyl (C=O) groups is 1. The van der Waals surface area contributed by atoms with Gasteiger partial charge in [0.05, 0.1) is 11.1 Å². The minimum atomic E-state index is -3.34. The van der Waals surface area contributed by atoms with E-state index < -0.39 is 10.0 Å². The first-order chi connectivity index (χ1) is 9.75. The third-order valence-electron chi connectivity index (χ3n) is 3.49. The number of aromatic nitrogens is 1. The molecule has 0 fully saturated rings. The third kappa shape index (κ3) is 3.21. The Kier molecular flexibility index (Phi) is 4.57. The molecule has 1 aromatic heterocycles. The van der Waals surface area contributed by atoms with Crippen LogP contribution in [0.4, 0.5) is 5.82 Å². The highest BCUT2D eigenvalue weighted by atomic mass is 32.2. The SMILES string of the molecule is CCN(C(=O)c1nc2c(s1)CCCN2S(C)(=O)=O)C(C)C. The lowest BCUT2D eigenvalue weighted by atomic mass is 10.2. The number of thiazole rings is 1. The predicted molar refractivity (Wildman–Crippen MR) is 84.5 cm³/mol. The molecule has 0 aromatic carbocycles. The number of sulfonamides is 1. The highest BCUT2D eigenvalue weighted by Crippen LogP contribution is 2.33. The molecule has 1 aromatic rings. The molecule has 1 amide bonds. The number of nitrogens with zero attached hydrogens (tertiary/aromatic N) is 3. The molecule has 1 aliphatic rings. The van der Waals surface area contributed by atoms with Crippen molar-refractivity contribution in [2.45, 2.75) is 39.7 Å². The molecule has 6 nitrogen and oxygen atoms in total. The zero-order chi connectivity index (χ0) is 15.8. The van der Waals surface area contributed by atoms with E-state index in [1.165, 1.54) is 21.9 Å². The van der Waals surface area contributed by atoms with Crippen molar-refractivity contribution in [1.29, 1.82) is 0 Å². The lowest BCUT2D eigenvalue weighted by molar-refractivity contribution is 0.0716. The zero-order valence-electron chi connectivity index (χ0n) is 12.8. The topological polar surface area (TPSA) is 70.6 Å². The van der Waals surface area contributed by atoms with E-state index in [0.717, 1.165) is 17.7 Å². The summed E-state index contributed by atoms with van der Waals surface area (Å²) in [5.41, 5.74) is 0. The summed E-state index contributed by atoms with van der Waals surface area (Å²) in [6.07, 6.45) is 2.72. The first-order valence-corrected chi connectivity index (χ1v) is 9.70. The van der Waals surface area contributed by atoms with Gasteiger partial charge in [-0.25, -0.2) is 13.4 Å². The first kappa shape index (κ1) is 16.2. The minimum absolute atomic E-state index is 0.0921. The van der Waals surface area contributed by atoms with Gasteiger partial charge in [0.2, 0.25) is 10.0 Å². The molecule has 1 aliphatic heterocycles. The Bertz CT molecular complexity index is 637. The van der Waals surface area contributed by atoms with Crippen LogP contribution in [0, 0.1) is 0 Å². The number of amides is 1. The largest absolute Gasteiger partial charge is 0.334 e. The number of anilines is 1. The van der Waals surface area contributed by atoms with Crippen LogP contribution < -0.4 is 4.31 Å². The molecule has 8 heteroatoms. The number of hydrogen-bond donors (Lipinski definition) is 0. The molecule has 0 unspecified atom stereocenters. The van der Waals surface area contributed by atoms with Gasteiger partial charge in [-0.3, -0.25) is 9.10 Å². The predicted octanol–water partition coefficient (Wildman–Crippen LogP) is 1.73. The van der Waals surface area contributed by atoms with Crippen molar-refractivity contribution < 1.29 is 13.2 Å². The second-order valence-electron chi connectivity index (χ2n) is 5.39. The molecule has 118 valence electrons. The van der Waals surface area contributed by atoms with E-state index in [0.29, 0.717) is 23.9 Å². The van der Waals surface area contributed by atoms with Gasteiger partial charge in [-0.1, -0.05) is 0 Å². The smallest absolute Gasteiger partial charge is 0.283 e. The third-order valence-corrected chi connectivity index (χ3v) is 5.73. The normalized spacial score (nSPS) is 15.2. The summed E-state index contributed by atoms with van der Waals surface area (Å²) >= 11 is 1.32. The van der Waals surface area contributed by atoms with Gasteiger partial charge in [-0.05, 0) is 33.6 Å². The van der Waals surface area contributed by atoms with Gasteiger partial charge in [-0.2, -0.15) is 0 Å². The lowest BCUT2D eigenvalue weighted by Gasteiger charge is -2.25. The summed E-state index contributed by atoms with van der Waals surface area (Å²) in [4.78, 5) is 19.4. The molecular formula is C13H21N3O3S2. The summed E-state index contributed by atoms with van der Waals surface area (Å²) in [6, 6.07) is 0.0921. The number of fused-ring (bicyclic) bond motifs is 1. The van der Waals surface area contributed by atoms with Crippen LogP contribution >= 0.6 is 11.3 Å². The summed E-state index contributed by atoms with van der Waals surface area (Å²) in [5.74, 6) is 0.317. The Morgan fingerprint density at radius 1 is 1.48 bits per heavy atom. The van der Waals surface area contributed by atoms with Gasteiger partial charge < -0.3 is 4.90 Å². The van der Waals surface area contributed by atoms with E-state index in [4.69, 9.17) is 0 Å². The molecule has 21 heavy (non-hydrogen) atoms. The monoisotopic (exact) mass is 331 g/mol. The number of aryl methyl sites for hydroxylation is 1. The van der Waals surface area contributed by atoms with Crippen LogP contribution in [0.1, 0.15) is 41.9 Å². The second-order valence-corrected chi connectivity index (χ2v) is 8.38. The van der Waals surface area contributed by atoms with Crippen molar-refractivity contribution in [3.8, 4) is 0 Å². The maximum absolute atomic E-state index is 12.5. The molecule has 0 bridgehead atoms. The molecule has 0 saturated heterocycles. The van der Waals surface area contributed by atoms with E-state index in [9.17, 15) is 13.2 Å². The molecule has 2 rings (SSSR count). The van der Waals surface area contributed by atoms with Crippen molar-refractivity contribution >= 4 is 33.1 Å². The van der Waals surface area contributed by atoms with Gasteiger partial charge in [0.15, 0.2) is 10.8 Å². The van der Waals surface area contributed by atoms with Crippen LogP contribution in [-0.2, 0) is 16.4 Å². The fourth-order valence-corrected chi connectivity index (χ4v) is 4.52. The number of rotatable bonds is 4. The molecule has 0 aliphatic carbocycles. The average molecular weight is 331 g/mol. The molecular weight excluding hydrogens is 310 g/mol. The van der Waals surface area contributed by atoms with Crippen molar-refractivity contribution in [2.75, 3.05) is 23.7 Å². The van der Waals surface area contributed by atoms with E-state index in [-0.39, 0.29) is 11.9 Å². The van der Waals surface area contributed by atoms with Gasteiger partial charge in [-0.15, -0.1) is 11.3 Å². The number of hydrogen-bond acceptors (Lipinski definition) is 5. The Morgan fingerprint density at radius 3 is 2.67 bits per heavy atom. The fourth-order valence-electron chi connectivity index (χ4n) is 2.47. The first-order valence-electron chi connectivity index (χ1n) is 7.04. The van der Waals surface area contributed by atoms with Gasteiger partial charge in [0.25, 0.3) is 5.91 Å². The zero-order valence-corrected chi connectivity index (χ0v) is 14.4. The van der Waals surface area contributed by atoms with Crippen LogP contribution in [0.15, 0.2) is 0 Å². The molecule has 2 heterocycles. The summed E-state index contributed by atoms with van der Waals surface area (Å²) in [5, 5.41) is 0.381. The fraction of sp³-hybridized carbons (Fsp3) is 0.692. The van der Waals surface area contributed by atoms with Crippen LogP contribution in [-0.4, -0.2) is 49.6 Å². The van der Waals surface area contributed by atoms with E-state index in [1.807, 2.05) is 20.8 Å². The lowest BCUT2D eigenvalue weighted by Crippen LogP contribution is -2.37. The maximum atomic E-state index is 12.5. The maximum Gasteiger partial charge on any atom is 0.283 e. The van der Waals surface area contributed by atoms with Crippen molar-refractivity contribution in [2.24, 2.45) is 0 Å². The van der Waals surface area contributed by atoms with E-state index >= 15 is 0 Å². The molecule has 0 atom stereocenters. The highest BCUT2D eigenvalue weighted by molar-refractivity contribution is 7.92. The van der Waals surface area contributed by atoms with Crippen LogP contribution in [0.3, 0.4) is 0 Å². The van der Waals surface area contributed by atoms with Gasteiger partial charge >= 0.3 is 0 Å².